The number of nitrogens with one attached hydrogen (secondary N) is 1. The molecule has 2 aromatic carbocycles. The van der Waals surface area contributed by atoms with Crippen LogP contribution in [-0.4, -0.2) is 37.3 Å². The third-order valence-electron chi connectivity index (χ3n) is 6.22. The maximum absolute atomic E-state index is 9.90. The number of hydrogen-bond acceptors (Lipinski definition) is 7. The van der Waals surface area contributed by atoms with Crippen LogP contribution in [0.25, 0.3) is 55.2 Å². The van der Waals surface area contributed by atoms with Crippen LogP contribution < -0.4 is 4.74 Å². The van der Waals surface area contributed by atoms with E-state index in [4.69, 9.17) is 25.8 Å². The van der Waals surface area contributed by atoms with Crippen LogP contribution in [0.15, 0.2) is 47.1 Å². The van der Waals surface area contributed by atoms with Gasteiger partial charge in [-0.2, -0.15) is 0 Å². The minimum atomic E-state index is -0.296. The minimum absolute atomic E-state index is 0.296. The van der Waals surface area contributed by atoms with E-state index >= 15 is 0 Å². The SMILES string of the molecule is COc1cc2c(cc1-c1c(C)noc1C)[nH]c1nc(CO)nc(-c3ccnc4ccc(Cl)cc34)c12. The maximum atomic E-state index is 9.90. The van der Waals surface area contributed by atoms with Crippen molar-refractivity contribution in [2.24, 2.45) is 0 Å². The highest BCUT2D eigenvalue weighted by atomic mass is 35.5. The molecule has 2 N–H and O–H groups in total. The molecule has 0 radical (unpaired) electrons. The zero-order valence-electron chi connectivity index (χ0n) is 19.2. The summed E-state index contributed by atoms with van der Waals surface area (Å²) in [6.45, 7) is 3.48. The lowest BCUT2D eigenvalue weighted by Gasteiger charge is -2.11. The number of halogens is 1. The molecule has 0 atom stereocenters. The summed E-state index contributed by atoms with van der Waals surface area (Å²) in [4.78, 5) is 17.2. The Morgan fingerprint density at radius 3 is 2.66 bits per heavy atom. The van der Waals surface area contributed by atoms with Crippen LogP contribution in [0.4, 0.5) is 0 Å². The van der Waals surface area contributed by atoms with Crippen LogP contribution in [0.1, 0.15) is 17.3 Å². The van der Waals surface area contributed by atoms with Gasteiger partial charge in [-0.3, -0.25) is 4.98 Å². The highest BCUT2D eigenvalue weighted by Crippen LogP contribution is 2.42. The van der Waals surface area contributed by atoms with E-state index in [1.807, 2.05) is 50.2 Å². The average molecular weight is 486 g/mol. The molecule has 0 aliphatic heterocycles. The molecule has 0 aliphatic rings. The number of benzene rings is 2. The molecular formula is C26H20ClN5O3. The van der Waals surface area contributed by atoms with E-state index in [2.05, 4.69) is 20.1 Å². The second-order valence-corrected chi connectivity index (χ2v) is 8.75. The Morgan fingerprint density at radius 1 is 1.06 bits per heavy atom. The van der Waals surface area contributed by atoms with Gasteiger partial charge < -0.3 is 19.4 Å². The van der Waals surface area contributed by atoms with Crippen molar-refractivity contribution in [3.8, 4) is 28.1 Å². The van der Waals surface area contributed by atoms with Crippen LogP contribution in [0.5, 0.6) is 5.75 Å². The molecule has 35 heavy (non-hydrogen) atoms. The van der Waals surface area contributed by atoms with E-state index < -0.39 is 0 Å². The number of aromatic nitrogens is 5. The number of rotatable bonds is 4. The molecule has 4 aromatic heterocycles. The molecule has 0 fully saturated rings. The fourth-order valence-corrected chi connectivity index (χ4v) is 4.86. The summed E-state index contributed by atoms with van der Waals surface area (Å²) in [6, 6.07) is 11.4. The summed E-state index contributed by atoms with van der Waals surface area (Å²) in [7, 11) is 1.64. The van der Waals surface area contributed by atoms with Gasteiger partial charge in [0.25, 0.3) is 0 Å². The van der Waals surface area contributed by atoms with E-state index in [1.165, 1.54) is 0 Å². The van der Waals surface area contributed by atoms with E-state index in [0.717, 1.165) is 49.6 Å². The van der Waals surface area contributed by atoms with Gasteiger partial charge >= 0.3 is 0 Å². The van der Waals surface area contributed by atoms with Gasteiger partial charge in [-0.15, -0.1) is 0 Å². The number of methoxy groups -OCH3 is 1. The fraction of sp³-hybridized carbons (Fsp3) is 0.154. The van der Waals surface area contributed by atoms with E-state index in [0.29, 0.717) is 33.7 Å². The Labute approximate surface area is 204 Å². The Morgan fingerprint density at radius 2 is 1.91 bits per heavy atom. The number of hydrogen-bond donors (Lipinski definition) is 2. The predicted octanol–water partition coefficient (Wildman–Crippen LogP) is 5.75. The quantitative estimate of drug-likeness (QED) is 0.327. The Bertz CT molecular complexity index is 1750. The largest absolute Gasteiger partial charge is 0.496 e. The minimum Gasteiger partial charge on any atom is -0.496 e. The van der Waals surface area contributed by atoms with Gasteiger partial charge in [-0.1, -0.05) is 16.8 Å². The molecule has 6 rings (SSSR count). The van der Waals surface area contributed by atoms with Crippen molar-refractivity contribution in [1.29, 1.82) is 0 Å². The molecule has 6 aromatic rings. The lowest BCUT2D eigenvalue weighted by Crippen LogP contribution is -1.98. The number of pyridine rings is 1. The second kappa shape index (κ2) is 8.04. The number of H-pyrrole nitrogens is 1. The van der Waals surface area contributed by atoms with Gasteiger partial charge in [0.15, 0.2) is 5.82 Å². The van der Waals surface area contributed by atoms with Gasteiger partial charge in [0.2, 0.25) is 0 Å². The van der Waals surface area contributed by atoms with Crippen molar-refractivity contribution in [2.75, 3.05) is 7.11 Å². The van der Waals surface area contributed by atoms with E-state index in [9.17, 15) is 5.11 Å². The third-order valence-corrected chi connectivity index (χ3v) is 6.46. The molecule has 0 saturated carbocycles. The monoisotopic (exact) mass is 485 g/mol. The standard InChI is InChI=1S/C26H20ClN5O3/c1-12-23(13(2)35-32-12)18-9-20-17(10-21(18)34-3)24-25(30-22(11-33)31-26(24)29-20)15-6-7-28-19-5-4-14(27)8-16(15)19/h4-10,33H,11H2,1-3H3,(H,29,30,31). The summed E-state index contributed by atoms with van der Waals surface area (Å²) in [5, 5.41) is 17.2. The van der Waals surface area contributed by atoms with Gasteiger partial charge in [-0.05, 0) is 50.2 Å². The maximum Gasteiger partial charge on any atom is 0.156 e. The zero-order chi connectivity index (χ0) is 24.3. The molecule has 8 nitrogen and oxygen atoms in total. The summed E-state index contributed by atoms with van der Waals surface area (Å²) in [5.74, 6) is 1.69. The van der Waals surface area contributed by atoms with Gasteiger partial charge in [0.1, 0.15) is 23.8 Å². The van der Waals surface area contributed by atoms with Crippen molar-refractivity contribution in [3.05, 3.63) is 64.9 Å². The van der Waals surface area contributed by atoms with Crippen LogP contribution in [0.3, 0.4) is 0 Å². The molecule has 0 unspecified atom stereocenters. The molecule has 174 valence electrons. The number of fused-ring (bicyclic) bond motifs is 4. The molecule has 0 saturated heterocycles. The van der Waals surface area contributed by atoms with Crippen molar-refractivity contribution in [2.45, 2.75) is 20.5 Å². The van der Waals surface area contributed by atoms with Gasteiger partial charge in [0.05, 0.1) is 35.0 Å². The van der Waals surface area contributed by atoms with Crippen molar-refractivity contribution < 1.29 is 14.4 Å². The topological polar surface area (TPSA) is 110 Å². The first-order chi connectivity index (χ1) is 17.0. The number of aryl methyl sites for hydroxylation is 2. The molecule has 0 amide bonds. The van der Waals surface area contributed by atoms with Crippen LogP contribution in [0.2, 0.25) is 5.02 Å². The molecule has 4 heterocycles. The molecule has 0 bridgehead atoms. The zero-order valence-corrected chi connectivity index (χ0v) is 19.9. The van der Waals surface area contributed by atoms with Crippen molar-refractivity contribution >= 4 is 44.4 Å². The van der Waals surface area contributed by atoms with Gasteiger partial charge in [-0.25, -0.2) is 9.97 Å². The summed E-state index contributed by atoms with van der Waals surface area (Å²) < 4.78 is 11.2. The first kappa shape index (κ1) is 21.5. The Hall–Kier alpha value is -4.01. The Kier molecular flexibility index (Phi) is 4.94. The number of aliphatic hydroxyl groups is 1. The second-order valence-electron chi connectivity index (χ2n) is 8.31. The van der Waals surface area contributed by atoms with E-state index in [-0.39, 0.29) is 6.61 Å². The molecule has 0 spiro atoms. The smallest absolute Gasteiger partial charge is 0.156 e. The number of aliphatic hydroxyl groups excluding tert-OH is 1. The first-order valence-corrected chi connectivity index (χ1v) is 11.4. The lowest BCUT2D eigenvalue weighted by molar-refractivity contribution is 0.272. The number of aromatic amines is 1. The fourth-order valence-electron chi connectivity index (χ4n) is 4.69. The molecule has 0 aliphatic carbocycles. The van der Waals surface area contributed by atoms with E-state index in [1.54, 1.807) is 13.3 Å². The van der Waals surface area contributed by atoms with Crippen LogP contribution in [0, 0.1) is 13.8 Å². The molecular weight excluding hydrogens is 466 g/mol. The first-order valence-electron chi connectivity index (χ1n) is 11.0. The average Bonchev–Trinajstić information content (AvgIpc) is 3.40. The lowest BCUT2D eigenvalue weighted by atomic mass is 9.99. The third kappa shape index (κ3) is 3.33. The number of ether oxygens (including phenoxy) is 1. The van der Waals surface area contributed by atoms with Gasteiger partial charge in [0, 0.05) is 38.6 Å². The summed E-state index contributed by atoms with van der Waals surface area (Å²) in [6.07, 6.45) is 1.74. The van der Waals surface area contributed by atoms with Crippen LogP contribution >= 0.6 is 11.6 Å². The normalized spacial score (nSPS) is 11.7. The van der Waals surface area contributed by atoms with Crippen molar-refractivity contribution in [3.63, 3.8) is 0 Å². The summed E-state index contributed by atoms with van der Waals surface area (Å²) >= 11 is 6.32. The highest BCUT2D eigenvalue weighted by molar-refractivity contribution is 6.31. The summed E-state index contributed by atoms with van der Waals surface area (Å²) in [5.41, 5.74) is 6.29. The predicted molar refractivity (Wildman–Crippen MR) is 135 cm³/mol. The van der Waals surface area contributed by atoms with Crippen molar-refractivity contribution in [1.82, 2.24) is 25.1 Å². The highest BCUT2D eigenvalue weighted by Gasteiger charge is 2.22. The van der Waals surface area contributed by atoms with Crippen LogP contribution in [-0.2, 0) is 6.61 Å². The number of nitrogens with zero attached hydrogens (tertiary/aromatic N) is 4. The molecule has 9 heteroatoms. The Balaban J connectivity index is 1.72.